The normalized spacial score (nSPS) is 15.4. The Morgan fingerprint density at radius 3 is 2.39 bits per heavy atom. The Bertz CT molecular complexity index is 953. The summed E-state index contributed by atoms with van der Waals surface area (Å²) < 4.78 is 8.51. The summed E-state index contributed by atoms with van der Waals surface area (Å²) in [6.45, 7) is 4.35. The molecule has 2 aromatic carbocycles. The summed E-state index contributed by atoms with van der Waals surface area (Å²) in [7, 11) is 0. The minimum absolute atomic E-state index is 0.255. The van der Waals surface area contributed by atoms with E-state index in [-0.39, 0.29) is 17.7 Å². The molecule has 1 aliphatic heterocycles. The molecule has 1 aliphatic rings. The number of carbonyl (C=O) groups is 2. The number of halogens is 3. The van der Waals surface area contributed by atoms with Crippen molar-refractivity contribution in [2.75, 3.05) is 6.61 Å². The van der Waals surface area contributed by atoms with Crippen molar-refractivity contribution < 1.29 is 14.3 Å². The number of thioether (sulfide) groups is 1. The van der Waals surface area contributed by atoms with E-state index >= 15 is 0 Å². The highest BCUT2D eigenvalue weighted by Crippen LogP contribution is 2.35. The zero-order valence-electron chi connectivity index (χ0n) is 14.5. The van der Waals surface area contributed by atoms with Gasteiger partial charge in [0.25, 0.3) is 11.1 Å². The highest BCUT2D eigenvalue weighted by atomic mass is 127. The predicted molar refractivity (Wildman–Crippen MR) is 133 cm³/mol. The minimum atomic E-state index is -0.269. The molecule has 4 nitrogen and oxygen atoms in total. The second kappa shape index (κ2) is 9.77. The summed E-state index contributed by atoms with van der Waals surface area (Å²) in [6, 6.07) is 11.4. The van der Waals surface area contributed by atoms with Crippen LogP contribution in [0.1, 0.15) is 11.1 Å². The van der Waals surface area contributed by atoms with Crippen molar-refractivity contribution in [2.24, 2.45) is 0 Å². The predicted octanol–water partition coefficient (Wildman–Crippen LogP) is 6.46. The van der Waals surface area contributed by atoms with Crippen LogP contribution in [0.5, 0.6) is 5.75 Å². The van der Waals surface area contributed by atoms with Gasteiger partial charge in [-0.05, 0) is 98.4 Å². The zero-order chi connectivity index (χ0) is 20.3. The molecular formula is C20H14BrI2NO3S. The molecule has 144 valence electrons. The third-order valence-corrected chi connectivity index (χ3v) is 6.83. The first-order chi connectivity index (χ1) is 13.4. The van der Waals surface area contributed by atoms with Crippen LogP contribution in [0.25, 0.3) is 6.08 Å². The van der Waals surface area contributed by atoms with Crippen LogP contribution in [-0.2, 0) is 11.3 Å². The lowest BCUT2D eigenvalue weighted by Gasteiger charge is -2.12. The van der Waals surface area contributed by atoms with Crippen molar-refractivity contribution in [3.05, 3.63) is 76.7 Å². The summed E-state index contributed by atoms with van der Waals surface area (Å²) in [5, 5.41) is -0.255. The highest BCUT2D eigenvalue weighted by Gasteiger charge is 2.35. The van der Waals surface area contributed by atoms with E-state index in [1.165, 1.54) is 4.90 Å². The Kier molecular flexibility index (Phi) is 7.62. The van der Waals surface area contributed by atoms with E-state index in [0.717, 1.165) is 40.3 Å². The van der Waals surface area contributed by atoms with Gasteiger partial charge < -0.3 is 4.74 Å². The first kappa shape index (κ1) is 21.8. The van der Waals surface area contributed by atoms with E-state index in [1.54, 1.807) is 12.2 Å². The molecule has 8 heteroatoms. The smallest absolute Gasteiger partial charge is 0.293 e. The van der Waals surface area contributed by atoms with E-state index in [4.69, 9.17) is 4.74 Å². The largest absolute Gasteiger partial charge is 0.487 e. The molecule has 0 bridgehead atoms. The summed E-state index contributed by atoms with van der Waals surface area (Å²) in [5.74, 6) is 0.525. The Hall–Kier alpha value is -0.850. The van der Waals surface area contributed by atoms with Gasteiger partial charge in [-0.1, -0.05) is 40.7 Å². The van der Waals surface area contributed by atoms with Crippen LogP contribution < -0.4 is 4.74 Å². The van der Waals surface area contributed by atoms with Crippen LogP contribution in [0.4, 0.5) is 4.79 Å². The molecule has 0 spiro atoms. The molecule has 2 aromatic rings. The van der Waals surface area contributed by atoms with Crippen molar-refractivity contribution >= 4 is 90.1 Å². The van der Waals surface area contributed by atoms with Crippen LogP contribution >= 0.6 is 72.9 Å². The molecule has 0 aromatic heterocycles. The van der Waals surface area contributed by atoms with Crippen molar-refractivity contribution in [1.29, 1.82) is 0 Å². The van der Waals surface area contributed by atoms with E-state index in [0.29, 0.717) is 11.5 Å². The van der Waals surface area contributed by atoms with Gasteiger partial charge in [-0.25, -0.2) is 0 Å². The molecule has 28 heavy (non-hydrogen) atoms. The van der Waals surface area contributed by atoms with Gasteiger partial charge in [-0.3, -0.25) is 14.5 Å². The Labute approximate surface area is 203 Å². The standard InChI is InChI=1S/C20H14BrI2NO3S/c1-2-7-27-18-15(22)8-13(9-16(18)23)10-17-19(25)24(20(26)28-17)11-12-3-5-14(21)6-4-12/h2-6,8-10H,1,7,11H2/b17-10-. The van der Waals surface area contributed by atoms with Crippen LogP contribution in [0.15, 0.2) is 58.4 Å². The third-order valence-electron chi connectivity index (χ3n) is 3.79. The molecule has 1 fully saturated rings. The fraction of sp³-hybridized carbons (Fsp3) is 0.100. The molecule has 1 heterocycles. The maximum absolute atomic E-state index is 12.7. The maximum atomic E-state index is 12.7. The topological polar surface area (TPSA) is 46.6 Å². The molecule has 0 radical (unpaired) electrons. The number of ether oxygens (including phenoxy) is 1. The summed E-state index contributed by atoms with van der Waals surface area (Å²) >= 11 is 8.76. The van der Waals surface area contributed by atoms with Gasteiger partial charge in [-0.15, -0.1) is 0 Å². The second-order valence-corrected chi connectivity index (χ2v) is 10.0. The number of imide groups is 1. The monoisotopic (exact) mass is 681 g/mol. The number of hydrogen-bond donors (Lipinski definition) is 0. The zero-order valence-corrected chi connectivity index (χ0v) is 21.2. The van der Waals surface area contributed by atoms with E-state index in [2.05, 4.69) is 67.7 Å². The van der Waals surface area contributed by atoms with Gasteiger partial charge in [0.05, 0.1) is 18.6 Å². The molecule has 0 saturated carbocycles. The molecule has 0 N–H and O–H groups in total. The first-order valence-corrected chi connectivity index (χ1v) is 11.9. The Morgan fingerprint density at radius 2 is 1.79 bits per heavy atom. The lowest BCUT2D eigenvalue weighted by Crippen LogP contribution is -2.27. The lowest BCUT2D eigenvalue weighted by atomic mass is 10.2. The quantitative estimate of drug-likeness (QED) is 0.200. The van der Waals surface area contributed by atoms with Crippen molar-refractivity contribution in [3.63, 3.8) is 0 Å². The number of benzene rings is 2. The molecule has 1 saturated heterocycles. The lowest BCUT2D eigenvalue weighted by molar-refractivity contribution is -0.123. The highest BCUT2D eigenvalue weighted by molar-refractivity contribution is 14.1. The van der Waals surface area contributed by atoms with E-state index < -0.39 is 0 Å². The van der Waals surface area contributed by atoms with E-state index in [1.807, 2.05) is 36.4 Å². The maximum Gasteiger partial charge on any atom is 0.293 e. The molecule has 0 unspecified atom stereocenters. The van der Waals surface area contributed by atoms with Crippen LogP contribution in [0, 0.1) is 7.14 Å². The fourth-order valence-corrected chi connectivity index (χ4v) is 5.73. The Balaban J connectivity index is 1.81. The van der Waals surface area contributed by atoms with Gasteiger partial charge in [-0.2, -0.15) is 0 Å². The number of rotatable bonds is 6. The average molecular weight is 682 g/mol. The van der Waals surface area contributed by atoms with Crippen LogP contribution in [0.3, 0.4) is 0 Å². The van der Waals surface area contributed by atoms with Gasteiger partial charge in [0.1, 0.15) is 12.4 Å². The summed E-state index contributed by atoms with van der Waals surface area (Å²) in [5.41, 5.74) is 1.76. The fourth-order valence-electron chi connectivity index (χ4n) is 2.50. The van der Waals surface area contributed by atoms with Gasteiger partial charge >= 0.3 is 0 Å². The van der Waals surface area contributed by atoms with Crippen LogP contribution in [-0.4, -0.2) is 22.7 Å². The summed E-state index contributed by atoms with van der Waals surface area (Å²) in [4.78, 5) is 26.8. The Morgan fingerprint density at radius 1 is 1.14 bits per heavy atom. The van der Waals surface area contributed by atoms with Crippen molar-refractivity contribution in [2.45, 2.75) is 6.54 Å². The molecular weight excluding hydrogens is 668 g/mol. The van der Waals surface area contributed by atoms with Gasteiger partial charge in [0.15, 0.2) is 0 Å². The van der Waals surface area contributed by atoms with Crippen molar-refractivity contribution in [3.8, 4) is 5.75 Å². The minimum Gasteiger partial charge on any atom is -0.487 e. The van der Waals surface area contributed by atoms with Gasteiger partial charge in [0, 0.05) is 4.47 Å². The number of amides is 2. The number of nitrogens with zero attached hydrogens (tertiary/aromatic N) is 1. The van der Waals surface area contributed by atoms with Gasteiger partial charge in [0.2, 0.25) is 0 Å². The second-order valence-electron chi connectivity index (χ2n) is 5.81. The van der Waals surface area contributed by atoms with Crippen LogP contribution in [0.2, 0.25) is 0 Å². The molecule has 0 aliphatic carbocycles. The molecule has 2 amide bonds. The molecule has 0 atom stereocenters. The summed E-state index contributed by atoms with van der Waals surface area (Å²) in [6.07, 6.45) is 3.45. The SMILES string of the molecule is C=CCOc1c(I)cc(/C=C2\SC(=O)N(Cc3ccc(Br)cc3)C2=O)cc1I. The first-order valence-electron chi connectivity index (χ1n) is 8.11. The van der Waals surface area contributed by atoms with Crippen molar-refractivity contribution in [1.82, 2.24) is 4.90 Å². The average Bonchev–Trinajstić information content (AvgIpc) is 2.90. The molecule has 3 rings (SSSR count). The third kappa shape index (κ3) is 5.19. The number of hydrogen-bond acceptors (Lipinski definition) is 4. The number of carbonyl (C=O) groups excluding carboxylic acids is 2. The van der Waals surface area contributed by atoms with E-state index in [9.17, 15) is 9.59 Å².